The zero-order chi connectivity index (χ0) is 19.8. The van der Waals surface area contributed by atoms with Crippen LogP contribution in [0.1, 0.15) is 65.8 Å². The summed E-state index contributed by atoms with van der Waals surface area (Å²) in [5, 5.41) is 6.00. The number of aromatic nitrogens is 2. The first kappa shape index (κ1) is 19.9. The average molecular weight is 384 g/mol. The Hall–Kier alpha value is -2.83. The highest BCUT2D eigenvalue weighted by Crippen LogP contribution is 2.34. The second kappa shape index (κ2) is 9.39. The third kappa shape index (κ3) is 5.34. The molecule has 0 bridgehead atoms. The van der Waals surface area contributed by atoms with Crippen LogP contribution in [0.15, 0.2) is 42.9 Å². The normalized spacial score (nSPS) is 15.2. The highest BCUT2D eigenvalue weighted by atomic mass is 19.1. The summed E-state index contributed by atoms with van der Waals surface area (Å²) < 4.78 is 13.4. The minimum atomic E-state index is -0.410. The van der Waals surface area contributed by atoms with E-state index in [1.54, 1.807) is 18.2 Å². The summed E-state index contributed by atoms with van der Waals surface area (Å²) in [6.07, 6.45) is 9.44. The number of hydrogen-bond acceptors (Lipinski definition) is 4. The van der Waals surface area contributed by atoms with Crippen molar-refractivity contribution in [1.29, 1.82) is 0 Å². The van der Waals surface area contributed by atoms with Crippen LogP contribution in [0.4, 0.5) is 4.39 Å². The van der Waals surface area contributed by atoms with E-state index in [9.17, 15) is 14.0 Å². The van der Waals surface area contributed by atoms with Crippen LogP contribution in [0.5, 0.6) is 0 Å². The maximum Gasteiger partial charge on any atom is 0.270 e. The predicted molar refractivity (Wildman–Crippen MR) is 103 cm³/mol. The molecule has 1 aromatic carbocycles. The zero-order valence-electron chi connectivity index (χ0n) is 15.8. The van der Waals surface area contributed by atoms with Crippen LogP contribution in [-0.4, -0.2) is 33.9 Å². The van der Waals surface area contributed by atoms with Gasteiger partial charge in [0.25, 0.3) is 11.8 Å². The fourth-order valence-electron chi connectivity index (χ4n) is 3.74. The van der Waals surface area contributed by atoms with Gasteiger partial charge in [-0.3, -0.25) is 9.59 Å². The summed E-state index contributed by atoms with van der Waals surface area (Å²) in [6.45, 7) is 0.552. The Balaban J connectivity index is 1.46. The van der Waals surface area contributed by atoms with Crippen LogP contribution in [0, 0.1) is 5.82 Å². The fraction of sp³-hybridized carbons (Fsp3) is 0.429. The van der Waals surface area contributed by atoms with Crippen LogP contribution < -0.4 is 10.6 Å². The lowest BCUT2D eigenvalue weighted by Crippen LogP contribution is -2.46. The van der Waals surface area contributed by atoms with Gasteiger partial charge < -0.3 is 10.6 Å². The number of halogens is 1. The van der Waals surface area contributed by atoms with Crippen molar-refractivity contribution >= 4 is 11.8 Å². The van der Waals surface area contributed by atoms with Gasteiger partial charge in [-0.25, -0.2) is 14.4 Å². The Labute approximate surface area is 164 Å². The Morgan fingerprint density at radius 3 is 2.64 bits per heavy atom. The van der Waals surface area contributed by atoms with Crippen molar-refractivity contribution < 1.29 is 14.0 Å². The molecule has 0 spiro atoms. The second-order valence-corrected chi connectivity index (χ2v) is 7.26. The molecular weight excluding hydrogens is 359 g/mol. The molecule has 3 rings (SSSR count). The third-order valence-corrected chi connectivity index (χ3v) is 5.21. The number of benzene rings is 1. The molecule has 2 N–H and O–H groups in total. The van der Waals surface area contributed by atoms with Gasteiger partial charge in [-0.05, 0) is 56.4 Å². The number of nitrogens with one attached hydrogen (secondary N) is 2. The van der Waals surface area contributed by atoms with Gasteiger partial charge in [0, 0.05) is 23.8 Å². The van der Waals surface area contributed by atoms with E-state index in [1.807, 2.05) is 0 Å². The molecule has 2 amide bonds. The van der Waals surface area contributed by atoms with E-state index in [1.165, 1.54) is 24.7 Å². The first-order valence-electron chi connectivity index (χ1n) is 9.70. The average Bonchev–Trinajstić information content (AvgIpc) is 3.16. The molecule has 0 unspecified atom stereocenters. The van der Waals surface area contributed by atoms with Crippen LogP contribution in [0.3, 0.4) is 0 Å². The fourth-order valence-corrected chi connectivity index (χ4v) is 3.74. The third-order valence-electron chi connectivity index (χ3n) is 5.21. The van der Waals surface area contributed by atoms with E-state index < -0.39 is 5.82 Å². The lowest BCUT2D eigenvalue weighted by atomic mass is 9.90. The molecule has 148 valence electrons. The largest absolute Gasteiger partial charge is 0.351 e. The lowest BCUT2D eigenvalue weighted by molar-refractivity contribution is 0.0892. The van der Waals surface area contributed by atoms with E-state index in [4.69, 9.17) is 0 Å². The van der Waals surface area contributed by atoms with Crippen molar-refractivity contribution in [3.63, 3.8) is 0 Å². The highest BCUT2D eigenvalue weighted by molar-refractivity contribution is 5.94. The molecule has 1 saturated carbocycles. The molecule has 7 heteroatoms. The molecule has 1 aliphatic rings. The summed E-state index contributed by atoms with van der Waals surface area (Å²) in [5.41, 5.74) is 0.466. The van der Waals surface area contributed by atoms with Crippen molar-refractivity contribution in [1.82, 2.24) is 20.6 Å². The van der Waals surface area contributed by atoms with E-state index >= 15 is 0 Å². The number of hydrogen-bond donors (Lipinski definition) is 2. The van der Waals surface area contributed by atoms with Gasteiger partial charge in [0.1, 0.15) is 17.8 Å². The Kier molecular flexibility index (Phi) is 6.68. The van der Waals surface area contributed by atoms with Crippen molar-refractivity contribution in [2.45, 2.75) is 50.5 Å². The van der Waals surface area contributed by atoms with Crippen molar-refractivity contribution in [2.75, 3.05) is 6.54 Å². The Morgan fingerprint density at radius 2 is 1.93 bits per heavy atom. The molecule has 0 atom stereocenters. The van der Waals surface area contributed by atoms with Crippen LogP contribution in [0.2, 0.25) is 0 Å². The molecule has 1 aromatic heterocycles. The van der Waals surface area contributed by atoms with Gasteiger partial charge in [0.15, 0.2) is 0 Å². The first-order valence-corrected chi connectivity index (χ1v) is 9.70. The van der Waals surface area contributed by atoms with E-state index in [2.05, 4.69) is 20.6 Å². The molecule has 2 aromatic rings. The molecule has 0 aliphatic heterocycles. The van der Waals surface area contributed by atoms with Crippen LogP contribution in [0.25, 0.3) is 0 Å². The van der Waals surface area contributed by atoms with Gasteiger partial charge in [-0.15, -0.1) is 0 Å². The Morgan fingerprint density at radius 1 is 1.11 bits per heavy atom. The number of carbonyl (C=O) groups excluding carboxylic acids is 2. The maximum absolute atomic E-state index is 13.4. The smallest absolute Gasteiger partial charge is 0.270 e. The van der Waals surface area contributed by atoms with Gasteiger partial charge >= 0.3 is 0 Å². The highest BCUT2D eigenvalue weighted by Gasteiger charge is 2.34. The molecule has 1 aliphatic carbocycles. The minimum Gasteiger partial charge on any atom is -0.351 e. The van der Waals surface area contributed by atoms with Crippen molar-refractivity contribution in [2.24, 2.45) is 0 Å². The molecule has 0 radical (unpaired) electrons. The number of nitrogens with zero attached hydrogens (tertiary/aromatic N) is 2. The minimum absolute atomic E-state index is 0.211. The van der Waals surface area contributed by atoms with Crippen LogP contribution >= 0.6 is 0 Å². The molecule has 0 saturated heterocycles. The second-order valence-electron chi connectivity index (χ2n) is 7.26. The van der Waals surface area contributed by atoms with Gasteiger partial charge in [0.2, 0.25) is 0 Å². The summed E-state index contributed by atoms with van der Waals surface area (Å²) >= 11 is 0. The van der Waals surface area contributed by atoms with Gasteiger partial charge in [0.05, 0.1) is 0 Å². The van der Waals surface area contributed by atoms with Gasteiger partial charge in [-0.1, -0.05) is 18.9 Å². The maximum atomic E-state index is 13.4. The molecular formula is C21H25FN4O2. The van der Waals surface area contributed by atoms with Crippen molar-refractivity contribution in [3.8, 4) is 0 Å². The van der Waals surface area contributed by atoms with Gasteiger partial charge in [-0.2, -0.15) is 0 Å². The zero-order valence-corrected chi connectivity index (χ0v) is 15.8. The van der Waals surface area contributed by atoms with Crippen molar-refractivity contribution in [3.05, 3.63) is 59.9 Å². The summed E-state index contributed by atoms with van der Waals surface area (Å²) in [5.74, 6) is -0.844. The molecule has 1 fully saturated rings. The van der Waals surface area contributed by atoms with Crippen LogP contribution in [-0.2, 0) is 0 Å². The quantitative estimate of drug-likeness (QED) is 0.684. The summed E-state index contributed by atoms with van der Waals surface area (Å²) in [4.78, 5) is 32.2. The Bertz CT molecular complexity index is 807. The number of carbonyl (C=O) groups is 2. The summed E-state index contributed by atoms with van der Waals surface area (Å²) in [7, 11) is 0. The SMILES string of the molecule is O=C(NC1(CCCCNC(=O)c2ccncn2)CCCC1)c1cccc(F)c1. The topological polar surface area (TPSA) is 84.0 Å². The number of rotatable bonds is 8. The molecule has 1 heterocycles. The number of amides is 2. The van der Waals surface area contributed by atoms with E-state index in [0.717, 1.165) is 44.9 Å². The number of unbranched alkanes of at least 4 members (excludes halogenated alkanes) is 1. The molecule has 28 heavy (non-hydrogen) atoms. The van der Waals surface area contributed by atoms with E-state index in [-0.39, 0.29) is 17.4 Å². The predicted octanol–water partition coefficient (Wildman–Crippen LogP) is 3.26. The monoisotopic (exact) mass is 384 g/mol. The standard InChI is InChI=1S/C21H25FN4O2/c22-17-7-5-6-16(14-17)19(27)26-21(9-1-2-10-21)11-3-4-12-24-20(28)18-8-13-23-15-25-18/h5-8,13-15H,1-4,9-12H2,(H,24,28)(H,26,27). The first-order chi connectivity index (χ1) is 13.6. The molecule has 6 nitrogen and oxygen atoms in total. The van der Waals surface area contributed by atoms with E-state index in [0.29, 0.717) is 17.8 Å². The lowest BCUT2D eigenvalue weighted by Gasteiger charge is -2.30. The summed E-state index contributed by atoms with van der Waals surface area (Å²) in [6, 6.07) is 7.35.